The van der Waals surface area contributed by atoms with Crippen molar-refractivity contribution in [3.05, 3.63) is 34.9 Å². The van der Waals surface area contributed by atoms with E-state index in [9.17, 15) is 4.79 Å². The van der Waals surface area contributed by atoms with E-state index in [0.29, 0.717) is 24.5 Å². The molecule has 132 valence electrons. The van der Waals surface area contributed by atoms with E-state index in [-0.39, 0.29) is 18.1 Å². The molecule has 1 amide bonds. The van der Waals surface area contributed by atoms with Crippen LogP contribution in [0, 0.1) is 0 Å². The zero-order valence-corrected chi connectivity index (χ0v) is 14.9. The lowest BCUT2D eigenvalue weighted by Gasteiger charge is -2.25. The van der Waals surface area contributed by atoms with Crippen LogP contribution in [0.5, 0.6) is 0 Å². The molecular formula is C17H25ClN4O2. The molecule has 0 saturated carbocycles. The van der Waals surface area contributed by atoms with Gasteiger partial charge in [-0.25, -0.2) is 0 Å². The number of guanidine groups is 1. The number of nitrogens with one attached hydrogen (secondary N) is 3. The van der Waals surface area contributed by atoms with Crippen LogP contribution in [-0.2, 0) is 9.53 Å². The van der Waals surface area contributed by atoms with Gasteiger partial charge in [-0.2, -0.15) is 0 Å². The number of methoxy groups -OCH3 is 1. The molecule has 1 fully saturated rings. The van der Waals surface area contributed by atoms with E-state index in [1.165, 1.54) is 0 Å². The zero-order chi connectivity index (χ0) is 17.4. The number of amides is 1. The number of benzene rings is 1. The summed E-state index contributed by atoms with van der Waals surface area (Å²) in [7, 11) is 1.66. The molecule has 24 heavy (non-hydrogen) atoms. The number of hydrogen-bond donors (Lipinski definition) is 3. The average Bonchev–Trinajstić information content (AvgIpc) is 2.57. The fraction of sp³-hybridized carbons (Fsp3) is 0.529. The molecule has 2 unspecified atom stereocenters. The van der Waals surface area contributed by atoms with Crippen molar-refractivity contribution < 1.29 is 9.53 Å². The molecule has 1 heterocycles. The fourth-order valence-electron chi connectivity index (χ4n) is 2.57. The van der Waals surface area contributed by atoms with Crippen molar-refractivity contribution in [1.29, 1.82) is 0 Å². The van der Waals surface area contributed by atoms with Crippen LogP contribution < -0.4 is 16.0 Å². The Morgan fingerprint density at radius 1 is 1.54 bits per heavy atom. The SMILES string of the molecule is CCNC(=NCC(OC)c1cccc(Cl)c1)NC1CCC(=O)NC1. The van der Waals surface area contributed by atoms with Gasteiger partial charge in [0.15, 0.2) is 5.96 Å². The van der Waals surface area contributed by atoms with Gasteiger partial charge in [0.1, 0.15) is 6.10 Å². The number of aliphatic imine (C=N–C) groups is 1. The van der Waals surface area contributed by atoms with E-state index in [2.05, 4.69) is 20.9 Å². The Morgan fingerprint density at radius 2 is 2.38 bits per heavy atom. The van der Waals surface area contributed by atoms with E-state index in [4.69, 9.17) is 16.3 Å². The number of halogens is 1. The summed E-state index contributed by atoms with van der Waals surface area (Å²) in [6, 6.07) is 7.80. The number of carbonyl (C=O) groups is 1. The molecule has 0 aromatic heterocycles. The number of rotatable bonds is 6. The Balaban J connectivity index is 1.99. The maximum Gasteiger partial charge on any atom is 0.220 e. The molecule has 1 saturated heterocycles. The number of nitrogens with zero attached hydrogens (tertiary/aromatic N) is 1. The predicted molar refractivity (Wildman–Crippen MR) is 96.3 cm³/mol. The van der Waals surface area contributed by atoms with Gasteiger partial charge in [0.25, 0.3) is 0 Å². The maximum absolute atomic E-state index is 11.2. The number of piperidine rings is 1. The first-order valence-corrected chi connectivity index (χ1v) is 8.60. The highest BCUT2D eigenvalue weighted by atomic mass is 35.5. The van der Waals surface area contributed by atoms with Crippen molar-refractivity contribution >= 4 is 23.5 Å². The summed E-state index contributed by atoms with van der Waals surface area (Å²) in [5.41, 5.74) is 0.995. The van der Waals surface area contributed by atoms with Gasteiger partial charge >= 0.3 is 0 Å². The number of carbonyl (C=O) groups excluding carboxylic acids is 1. The van der Waals surface area contributed by atoms with Crippen molar-refractivity contribution in [3.63, 3.8) is 0 Å². The molecule has 1 aromatic carbocycles. The Hall–Kier alpha value is -1.79. The van der Waals surface area contributed by atoms with E-state index < -0.39 is 0 Å². The van der Waals surface area contributed by atoms with Crippen molar-refractivity contribution in [1.82, 2.24) is 16.0 Å². The van der Waals surface area contributed by atoms with Crippen LogP contribution in [-0.4, -0.2) is 44.7 Å². The van der Waals surface area contributed by atoms with Gasteiger partial charge in [-0.1, -0.05) is 23.7 Å². The Bertz CT molecular complexity index is 569. The van der Waals surface area contributed by atoms with Crippen LogP contribution >= 0.6 is 11.6 Å². The van der Waals surface area contributed by atoms with Crippen LogP contribution in [0.15, 0.2) is 29.3 Å². The molecular weight excluding hydrogens is 328 g/mol. The molecule has 7 heteroatoms. The second-order valence-electron chi connectivity index (χ2n) is 5.68. The van der Waals surface area contributed by atoms with Gasteiger partial charge in [0, 0.05) is 37.7 Å². The molecule has 0 spiro atoms. The first kappa shape index (κ1) is 18.5. The normalized spacial score (nSPS) is 19.5. The van der Waals surface area contributed by atoms with Crippen LogP contribution in [0.1, 0.15) is 31.4 Å². The van der Waals surface area contributed by atoms with E-state index >= 15 is 0 Å². The summed E-state index contributed by atoms with van der Waals surface area (Å²) >= 11 is 6.05. The largest absolute Gasteiger partial charge is 0.375 e. The summed E-state index contributed by atoms with van der Waals surface area (Å²) in [6.07, 6.45) is 1.18. The zero-order valence-electron chi connectivity index (χ0n) is 14.1. The maximum atomic E-state index is 11.2. The first-order valence-electron chi connectivity index (χ1n) is 8.22. The van der Waals surface area contributed by atoms with E-state index in [1.807, 2.05) is 31.2 Å². The second-order valence-corrected chi connectivity index (χ2v) is 6.12. The lowest BCUT2D eigenvalue weighted by Crippen LogP contribution is -2.51. The molecule has 0 aliphatic carbocycles. The molecule has 1 aromatic rings. The van der Waals surface area contributed by atoms with Gasteiger partial charge in [-0.3, -0.25) is 9.79 Å². The monoisotopic (exact) mass is 352 g/mol. The minimum atomic E-state index is -0.162. The molecule has 0 bridgehead atoms. The Kier molecular flexibility index (Phi) is 7.34. The quantitative estimate of drug-likeness (QED) is 0.539. The number of hydrogen-bond acceptors (Lipinski definition) is 3. The average molecular weight is 353 g/mol. The van der Waals surface area contributed by atoms with Gasteiger partial charge in [0.2, 0.25) is 5.91 Å². The lowest BCUT2D eigenvalue weighted by molar-refractivity contribution is -0.122. The molecule has 2 atom stereocenters. The third-order valence-corrected chi connectivity index (χ3v) is 4.11. The first-order chi connectivity index (χ1) is 11.6. The highest BCUT2D eigenvalue weighted by molar-refractivity contribution is 6.30. The van der Waals surface area contributed by atoms with Crippen molar-refractivity contribution in [2.45, 2.75) is 31.9 Å². The van der Waals surface area contributed by atoms with Gasteiger partial charge < -0.3 is 20.7 Å². The van der Waals surface area contributed by atoms with E-state index in [1.54, 1.807) is 7.11 Å². The van der Waals surface area contributed by atoms with Crippen LogP contribution in [0.3, 0.4) is 0 Å². The second kappa shape index (κ2) is 9.49. The standard InChI is InChI=1S/C17H25ClN4O2/c1-3-19-17(22-14-7-8-16(23)20-10-14)21-11-15(24-2)12-5-4-6-13(18)9-12/h4-6,9,14-15H,3,7-8,10-11H2,1-2H3,(H,20,23)(H2,19,21,22). The van der Waals surface area contributed by atoms with Gasteiger partial charge in [-0.15, -0.1) is 0 Å². The highest BCUT2D eigenvalue weighted by Gasteiger charge is 2.19. The third-order valence-electron chi connectivity index (χ3n) is 3.87. The summed E-state index contributed by atoms with van der Waals surface area (Å²) in [4.78, 5) is 15.9. The van der Waals surface area contributed by atoms with Crippen molar-refractivity contribution in [2.24, 2.45) is 4.99 Å². The van der Waals surface area contributed by atoms with Crippen molar-refractivity contribution in [2.75, 3.05) is 26.7 Å². The summed E-state index contributed by atoms with van der Waals surface area (Å²) in [5, 5.41) is 10.1. The molecule has 1 aliphatic rings. The summed E-state index contributed by atoms with van der Waals surface area (Å²) < 4.78 is 5.55. The third kappa shape index (κ3) is 5.69. The number of ether oxygens (including phenoxy) is 1. The fourth-order valence-corrected chi connectivity index (χ4v) is 2.77. The smallest absolute Gasteiger partial charge is 0.220 e. The summed E-state index contributed by atoms with van der Waals surface area (Å²) in [6.45, 7) is 3.88. The minimum absolute atomic E-state index is 0.107. The Labute approximate surface area is 148 Å². The van der Waals surface area contributed by atoms with Gasteiger partial charge in [-0.05, 0) is 31.0 Å². The van der Waals surface area contributed by atoms with Crippen LogP contribution in [0.25, 0.3) is 0 Å². The van der Waals surface area contributed by atoms with Crippen LogP contribution in [0.2, 0.25) is 5.02 Å². The molecule has 6 nitrogen and oxygen atoms in total. The highest BCUT2D eigenvalue weighted by Crippen LogP contribution is 2.20. The summed E-state index contributed by atoms with van der Waals surface area (Å²) in [5.74, 6) is 0.832. The molecule has 0 radical (unpaired) electrons. The van der Waals surface area contributed by atoms with E-state index in [0.717, 1.165) is 24.5 Å². The molecule has 3 N–H and O–H groups in total. The molecule has 2 rings (SSSR count). The van der Waals surface area contributed by atoms with Crippen LogP contribution in [0.4, 0.5) is 0 Å². The lowest BCUT2D eigenvalue weighted by atomic mass is 10.1. The predicted octanol–water partition coefficient (Wildman–Crippen LogP) is 1.86. The van der Waals surface area contributed by atoms with Crippen molar-refractivity contribution in [3.8, 4) is 0 Å². The molecule has 1 aliphatic heterocycles. The topological polar surface area (TPSA) is 74.8 Å². The minimum Gasteiger partial charge on any atom is -0.375 e. The van der Waals surface area contributed by atoms with Gasteiger partial charge in [0.05, 0.1) is 6.54 Å². The Morgan fingerprint density at radius 3 is 3.00 bits per heavy atom.